The first-order chi connectivity index (χ1) is 10.5. The molecule has 2 rings (SSSR count). The molecule has 22 heavy (non-hydrogen) atoms. The standard InChI is InChI=1S/C17H26N2O3/c1-3-4-5-9-19-15-8-10-18(2)12-14(15)11-13(17(19)22)6-7-16(20)21/h11H,3-10,12H2,1-2H3,(H,20,21). The number of nitrogens with zero attached hydrogens (tertiary/aromatic N) is 2. The summed E-state index contributed by atoms with van der Waals surface area (Å²) >= 11 is 0. The molecule has 0 aliphatic carbocycles. The van der Waals surface area contributed by atoms with E-state index in [2.05, 4.69) is 18.9 Å². The van der Waals surface area contributed by atoms with Gasteiger partial charge in [0.2, 0.25) is 0 Å². The van der Waals surface area contributed by atoms with E-state index in [1.807, 2.05) is 10.6 Å². The van der Waals surface area contributed by atoms with E-state index in [1.54, 1.807) is 0 Å². The van der Waals surface area contributed by atoms with E-state index in [1.165, 1.54) is 5.56 Å². The van der Waals surface area contributed by atoms with Crippen molar-refractivity contribution in [3.63, 3.8) is 0 Å². The number of aliphatic carboxylic acids is 1. The Bertz CT molecular complexity index is 592. The zero-order valence-electron chi connectivity index (χ0n) is 13.6. The number of hydrogen-bond acceptors (Lipinski definition) is 3. The Morgan fingerprint density at radius 3 is 2.82 bits per heavy atom. The number of pyridine rings is 1. The summed E-state index contributed by atoms with van der Waals surface area (Å²) in [4.78, 5) is 25.7. The summed E-state index contributed by atoms with van der Waals surface area (Å²) in [6, 6.07) is 1.94. The van der Waals surface area contributed by atoms with E-state index in [0.717, 1.165) is 51.0 Å². The molecule has 0 saturated heterocycles. The van der Waals surface area contributed by atoms with Crippen molar-refractivity contribution in [3.05, 3.63) is 33.2 Å². The van der Waals surface area contributed by atoms with Crippen LogP contribution in [0.25, 0.3) is 0 Å². The average molecular weight is 306 g/mol. The number of rotatable bonds is 7. The fraction of sp³-hybridized carbons (Fsp3) is 0.647. The number of aryl methyl sites for hydroxylation is 1. The summed E-state index contributed by atoms with van der Waals surface area (Å²) in [7, 11) is 2.08. The van der Waals surface area contributed by atoms with Gasteiger partial charge in [-0.3, -0.25) is 9.59 Å². The third-order valence-electron chi connectivity index (χ3n) is 4.33. The first-order valence-corrected chi connectivity index (χ1v) is 8.17. The molecule has 2 heterocycles. The average Bonchev–Trinajstić information content (AvgIpc) is 2.47. The molecule has 1 aliphatic rings. The van der Waals surface area contributed by atoms with Crippen LogP contribution >= 0.6 is 0 Å². The molecule has 0 saturated carbocycles. The summed E-state index contributed by atoms with van der Waals surface area (Å²) in [6.45, 7) is 4.70. The molecule has 5 heteroatoms. The highest BCUT2D eigenvalue weighted by atomic mass is 16.4. The van der Waals surface area contributed by atoms with Crippen molar-refractivity contribution in [2.24, 2.45) is 0 Å². The van der Waals surface area contributed by atoms with Gasteiger partial charge < -0.3 is 14.6 Å². The third-order valence-corrected chi connectivity index (χ3v) is 4.33. The SMILES string of the molecule is CCCCCn1c2c(cc(CCC(=O)O)c1=O)CN(C)CC2. The molecule has 0 radical (unpaired) electrons. The summed E-state index contributed by atoms with van der Waals surface area (Å²) < 4.78 is 1.91. The van der Waals surface area contributed by atoms with Crippen LogP contribution in [0.1, 0.15) is 49.4 Å². The van der Waals surface area contributed by atoms with Gasteiger partial charge in [-0.15, -0.1) is 0 Å². The normalized spacial score (nSPS) is 14.8. The molecule has 0 unspecified atom stereocenters. The Kier molecular flexibility index (Phi) is 5.77. The van der Waals surface area contributed by atoms with Gasteiger partial charge in [0, 0.05) is 43.7 Å². The second-order valence-corrected chi connectivity index (χ2v) is 6.19. The van der Waals surface area contributed by atoms with Crippen LogP contribution in [0.15, 0.2) is 10.9 Å². The molecule has 0 amide bonds. The fourth-order valence-corrected chi connectivity index (χ4v) is 3.10. The van der Waals surface area contributed by atoms with Gasteiger partial charge in [0.25, 0.3) is 5.56 Å². The Morgan fingerprint density at radius 1 is 1.36 bits per heavy atom. The number of likely N-dealkylation sites (N-methyl/N-ethyl adjacent to an activating group) is 1. The first-order valence-electron chi connectivity index (χ1n) is 8.17. The minimum Gasteiger partial charge on any atom is -0.481 e. The van der Waals surface area contributed by atoms with Crippen LogP contribution in [0.2, 0.25) is 0 Å². The van der Waals surface area contributed by atoms with Gasteiger partial charge in [-0.05, 0) is 31.5 Å². The van der Waals surface area contributed by atoms with Crippen LogP contribution in [0.3, 0.4) is 0 Å². The molecule has 0 aromatic carbocycles. The van der Waals surface area contributed by atoms with Crippen molar-refractivity contribution in [2.45, 2.75) is 58.5 Å². The van der Waals surface area contributed by atoms with E-state index < -0.39 is 5.97 Å². The molecule has 0 bridgehead atoms. The van der Waals surface area contributed by atoms with Gasteiger partial charge in [-0.2, -0.15) is 0 Å². The lowest BCUT2D eigenvalue weighted by atomic mass is 10.0. The van der Waals surface area contributed by atoms with Gasteiger partial charge in [-0.1, -0.05) is 19.8 Å². The molecule has 122 valence electrons. The number of fused-ring (bicyclic) bond motifs is 1. The minimum absolute atomic E-state index is 0.0127. The molecule has 1 aromatic rings. The highest BCUT2D eigenvalue weighted by Crippen LogP contribution is 2.19. The van der Waals surface area contributed by atoms with Gasteiger partial charge in [0.1, 0.15) is 0 Å². The summed E-state index contributed by atoms with van der Waals surface area (Å²) in [6.07, 6.45) is 4.46. The quantitative estimate of drug-likeness (QED) is 0.783. The van der Waals surface area contributed by atoms with E-state index in [4.69, 9.17) is 5.11 Å². The number of carboxylic acids is 1. The Morgan fingerprint density at radius 2 is 2.14 bits per heavy atom. The zero-order valence-corrected chi connectivity index (χ0v) is 13.6. The van der Waals surface area contributed by atoms with Gasteiger partial charge in [0.05, 0.1) is 0 Å². The van der Waals surface area contributed by atoms with Crippen molar-refractivity contribution >= 4 is 5.97 Å². The maximum atomic E-state index is 12.7. The van der Waals surface area contributed by atoms with Crippen molar-refractivity contribution in [2.75, 3.05) is 13.6 Å². The number of carboxylic acid groups (broad SMARTS) is 1. The summed E-state index contributed by atoms with van der Waals surface area (Å²) in [5.41, 5.74) is 3.00. The van der Waals surface area contributed by atoms with Crippen LogP contribution in [0.4, 0.5) is 0 Å². The van der Waals surface area contributed by atoms with E-state index >= 15 is 0 Å². The largest absolute Gasteiger partial charge is 0.481 e. The summed E-state index contributed by atoms with van der Waals surface area (Å²) in [5.74, 6) is -0.855. The number of hydrogen-bond donors (Lipinski definition) is 1. The Hall–Kier alpha value is -1.62. The molecule has 1 aliphatic heterocycles. The highest BCUT2D eigenvalue weighted by Gasteiger charge is 2.20. The maximum Gasteiger partial charge on any atom is 0.303 e. The summed E-state index contributed by atoms with van der Waals surface area (Å²) in [5, 5.41) is 8.87. The lowest BCUT2D eigenvalue weighted by Crippen LogP contribution is -2.35. The molecular formula is C17H26N2O3. The van der Waals surface area contributed by atoms with Gasteiger partial charge >= 0.3 is 5.97 Å². The molecule has 1 aromatic heterocycles. The second kappa shape index (κ2) is 7.58. The monoisotopic (exact) mass is 306 g/mol. The van der Waals surface area contributed by atoms with E-state index in [-0.39, 0.29) is 12.0 Å². The van der Waals surface area contributed by atoms with Crippen molar-refractivity contribution < 1.29 is 9.90 Å². The fourth-order valence-electron chi connectivity index (χ4n) is 3.10. The third kappa shape index (κ3) is 3.97. The van der Waals surface area contributed by atoms with Crippen molar-refractivity contribution in [3.8, 4) is 0 Å². The Labute approximate surface area is 131 Å². The zero-order chi connectivity index (χ0) is 16.1. The molecular weight excluding hydrogens is 280 g/mol. The minimum atomic E-state index is -0.855. The lowest BCUT2D eigenvalue weighted by Gasteiger charge is -2.28. The molecule has 0 spiro atoms. The van der Waals surface area contributed by atoms with Gasteiger partial charge in [0.15, 0.2) is 0 Å². The number of aromatic nitrogens is 1. The van der Waals surface area contributed by atoms with E-state index in [0.29, 0.717) is 12.0 Å². The van der Waals surface area contributed by atoms with Crippen LogP contribution in [-0.4, -0.2) is 34.1 Å². The molecule has 5 nitrogen and oxygen atoms in total. The van der Waals surface area contributed by atoms with Crippen LogP contribution in [0, 0.1) is 0 Å². The smallest absolute Gasteiger partial charge is 0.303 e. The van der Waals surface area contributed by atoms with Gasteiger partial charge in [-0.25, -0.2) is 0 Å². The van der Waals surface area contributed by atoms with Crippen LogP contribution in [0.5, 0.6) is 0 Å². The number of unbranched alkanes of at least 4 members (excludes halogenated alkanes) is 2. The lowest BCUT2D eigenvalue weighted by molar-refractivity contribution is -0.136. The van der Waals surface area contributed by atoms with Crippen LogP contribution < -0.4 is 5.56 Å². The Balaban J connectivity index is 2.35. The maximum absolute atomic E-state index is 12.7. The van der Waals surface area contributed by atoms with Crippen molar-refractivity contribution in [1.82, 2.24) is 9.47 Å². The predicted molar refractivity (Wildman–Crippen MR) is 86.2 cm³/mol. The second-order valence-electron chi connectivity index (χ2n) is 6.19. The highest BCUT2D eigenvalue weighted by molar-refractivity contribution is 5.67. The number of carbonyl (C=O) groups is 1. The topological polar surface area (TPSA) is 62.5 Å². The van der Waals surface area contributed by atoms with Crippen molar-refractivity contribution in [1.29, 1.82) is 0 Å². The predicted octanol–water partition coefficient (Wildman–Crippen LogP) is 2.04. The first kappa shape index (κ1) is 16.7. The molecule has 0 atom stereocenters. The van der Waals surface area contributed by atoms with E-state index in [9.17, 15) is 9.59 Å². The van der Waals surface area contributed by atoms with Crippen LogP contribution in [-0.2, 0) is 30.7 Å². The molecule has 1 N–H and O–H groups in total. The molecule has 0 fully saturated rings.